The Morgan fingerprint density at radius 1 is 1.12 bits per heavy atom. The monoisotopic (exact) mass is 823 g/mol. The van der Waals surface area contributed by atoms with Crippen molar-refractivity contribution in [2.24, 2.45) is 5.10 Å². The lowest BCUT2D eigenvalue weighted by Crippen LogP contribution is -2.43. The van der Waals surface area contributed by atoms with Gasteiger partial charge in [-0.25, -0.2) is 23.6 Å². The topological polar surface area (TPSA) is 210 Å². The number of pyridine rings is 1. The van der Waals surface area contributed by atoms with Crippen molar-refractivity contribution in [1.82, 2.24) is 26.2 Å². The third-order valence-corrected chi connectivity index (χ3v) is 9.43. The molecule has 0 unspecified atom stereocenters. The average molecular weight is 824 g/mol. The normalized spacial score (nSPS) is 12.4. The van der Waals surface area contributed by atoms with Crippen molar-refractivity contribution in [1.29, 1.82) is 0 Å². The van der Waals surface area contributed by atoms with Crippen LogP contribution in [0.3, 0.4) is 0 Å². The fraction of sp³-hybridized carbons (Fsp3) is 0.290. The molecular weight excluding hydrogens is 789 g/mol. The summed E-state index contributed by atoms with van der Waals surface area (Å²) in [5, 5.41) is 6.49. The lowest BCUT2D eigenvalue weighted by Gasteiger charge is -2.18. The smallest absolute Gasteiger partial charge is 0.428 e. The summed E-state index contributed by atoms with van der Waals surface area (Å²) < 4.78 is 35.1. The van der Waals surface area contributed by atoms with Gasteiger partial charge in [0.25, 0.3) is 15.6 Å². The largest absolute Gasteiger partial charge is 0.443 e. The van der Waals surface area contributed by atoms with Crippen molar-refractivity contribution < 1.29 is 32.4 Å². The lowest BCUT2D eigenvalue weighted by molar-refractivity contribution is -0.121. The summed E-state index contributed by atoms with van der Waals surface area (Å²) in [7, 11) is -4.18. The number of carbonyl (C=O) groups is 3. The van der Waals surface area contributed by atoms with E-state index < -0.39 is 51.4 Å². The minimum Gasteiger partial charge on any atom is -0.443 e. The molecule has 5 N–H and O–H groups in total. The number of ether oxygens (including phenoxy) is 1. The summed E-state index contributed by atoms with van der Waals surface area (Å²) in [6, 6.07) is 13.7. The number of Topliss-reactive ketones (excluding diaryl/α,β-unsaturated/α-hetero) is 1. The number of aromatic nitrogens is 2. The number of hydrogen-bond acceptors (Lipinski definition) is 11. The summed E-state index contributed by atoms with van der Waals surface area (Å²) in [4.78, 5) is 63.9. The van der Waals surface area contributed by atoms with Gasteiger partial charge in [-0.3, -0.25) is 29.4 Å². The van der Waals surface area contributed by atoms with Crippen LogP contribution >= 0.6 is 33.9 Å². The maximum Gasteiger partial charge on any atom is 0.428 e. The Bertz CT molecular complexity index is 2010. The Labute approximate surface area is 299 Å². The van der Waals surface area contributed by atoms with E-state index in [2.05, 4.69) is 36.0 Å². The number of hydrogen-bond donors (Lipinski definition) is 5. The number of carbonyl (C=O) groups excluding carboxylic acids is 3. The van der Waals surface area contributed by atoms with E-state index in [4.69, 9.17) is 9.57 Å². The molecule has 2 amide bonds. The Balaban J connectivity index is 1.48. The minimum atomic E-state index is -4.18. The molecule has 260 valence electrons. The number of anilines is 1. The zero-order valence-electron chi connectivity index (χ0n) is 26.8. The first kappa shape index (κ1) is 37.4. The van der Waals surface area contributed by atoms with Crippen LogP contribution in [-0.2, 0) is 30.8 Å². The molecule has 1 atom stereocenters. The summed E-state index contributed by atoms with van der Waals surface area (Å²) in [5.41, 5.74) is 3.93. The van der Waals surface area contributed by atoms with E-state index in [1.807, 2.05) is 34.7 Å². The standard InChI is InChI=1S/C31H34IN7O8S2/c1-18-14-19(26(28(42)35-18)39-49(44,45)21-9-7-8-20(32)16-21)15-25(40)36-23(27(41)29-37-22-10-5-6-11-24(22)48-29)12-13-46-34-17-33-38-30(43)47-31(2,3)4/h5-11,14,16-17,23,39H,12-13,15H2,1-4H3,(H,33,34)(H,35,42)(H,36,40)(H,38,43)/t23-/m0/s1. The quantitative estimate of drug-likeness (QED) is 0.0309. The number of fused-ring (bicyclic) bond motifs is 1. The third kappa shape index (κ3) is 11.1. The van der Waals surface area contributed by atoms with Gasteiger partial charge in [-0.2, -0.15) is 5.10 Å². The van der Waals surface area contributed by atoms with Crippen LogP contribution in [0, 0.1) is 10.5 Å². The number of sulfonamides is 1. The Kier molecular flexibility index (Phi) is 12.5. The molecule has 4 rings (SSSR count). The maximum absolute atomic E-state index is 13.6. The second-order valence-corrected chi connectivity index (χ2v) is 15.5. The number of H-pyrrole nitrogens is 1. The zero-order chi connectivity index (χ0) is 35.8. The molecule has 0 saturated carbocycles. The molecule has 2 aromatic heterocycles. The molecule has 0 radical (unpaired) electrons. The predicted molar refractivity (Wildman–Crippen MR) is 193 cm³/mol. The van der Waals surface area contributed by atoms with Crippen molar-refractivity contribution in [2.45, 2.75) is 57.1 Å². The van der Waals surface area contributed by atoms with Crippen LogP contribution in [0.5, 0.6) is 0 Å². The van der Waals surface area contributed by atoms with E-state index in [-0.39, 0.29) is 34.2 Å². The fourth-order valence-electron chi connectivity index (χ4n) is 4.33. The molecule has 15 nitrogen and oxygen atoms in total. The van der Waals surface area contributed by atoms with Crippen LogP contribution in [0.25, 0.3) is 10.2 Å². The molecule has 0 fully saturated rings. The number of aromatic amines is 1. The van der Waals surface area contributed by atoms with Crippen LogP contribution in [-0.4, -0.2) is 60.8 Å². The van der Waals surface area contributed by atoms with Gasteiger partial charge in [-0.1, -0.05) is 18.2 Å². The SMILES string of the molecule is Cc1cc(CC(=O)N[C@@H](CCONC=NNC(=O)OC(C)(C)C)C(=O)c2nc3ccccc3s2)c(NS(=O)(=O)c2cccc(I)c2)c(=O)[nH]1. The third-order valence-electron chi connectivity index (χ3n) is 6.36. The van der Waals surface area contributed by atoms with Crippen LogP contribution < -0.4 is 26.5 Å². The molecule has 0 saturated heterocycles. The number of nitrogens with zero attached hydrogens (tertiary/aromatic N) is 2. The second kappa shape index (κ2) is 16.3. The van der Waals surface area contributed by atoms with Crippen molar-refractivity contribution in [3.8, 4) is 0 Å². The van der Waals surface area contributed by atoms with Crippen LogP contribution in [0.2, 0.25) is 0 Å². The maximum atomic E-state index is 13.6. The van der Waals surface area contributed by atoms with Crippen molar-refractivity contribution >= 4 is 84.0 Å². The Morgan fingerprint density at radius 3 is 2.59 bits per heavy atom. The van der Waals surface area contributed by atoms with Crippen LogP contribution in [0.4, 0.5) is 10.5 Å². The first-order valence-electron chi connectivity index (χ1n) is 14.7. The molecule has 2 aromatic carbocycles. The van der Waals surface area contributed by atoms with Crippen molar-refractivity contribution in [3.05, 3.63) is 84.8 Å². The minimum absolute atomic E-state index is 0.0125. The highest BCUT2D eigenvalue weighted by Gasteiger charge is 2.27. The summed E-state index contributed by atoms with van der Waals surface area (Å²) >= 11 is 3.14. The van der Waals surface area contributed by atoms with Gasteiger partial charge in [0.2, 0.25) is 11.7 Å². The second-order valence-electron chi connectivity index (χ2n) is 11.5. The average Bonchev–Trinajstić information content (AvgIpc) is 3.45. The van der Waals surface area contributed by atoms with E-state index >= 15 is 0 Å². The van der Waals surface area contributed by atoms with Gasteiger partial charge in [-0.05, 0) is 92.2 Å². The van der Waals surface area contributed by atoms with Gasteiger partial charge in [0.15, 0.2) is 5.01 Å². The van der Waals surface area contributed by atoms with Crippen molar-refractivity contribution in [3.63, 3.8) is 0 Å². The van der Waals surface area contributed by atoms with Gasteiger partial charge in [0.05, 0.1) is 34.2 Å². The van der Waals surface area contributed by atoms with Crippen molar-refractivity contribution in [2.75, 3.05) is 11.3 Å². The number of hydroxylamine groups is 1. The molecule has 2 heterocycles. The van der Waals surface area contributed by atoms with Gasteiger partial charge < -0.3 is 15.0 Å². The van der Waals surface area contributed by atoms with Gasteiger partial charge in [0, 0.05) is 15.7 Å². The fourth-order valence-corrected chi connectivity index (χ4v) is 7.20. The van der Waals surface area contributed by atoms with E-state index in [9.17, 15) is 27.6 Å². The highest BCUT2D eigenvalue weighted by Crippen LogP contribution is 2.24. The number of rotatable bonds is 14. The van der Waals surface area contributed by atoms with E-state index in [0.717, 1.165) is 11.0 Å². The number of para-hydroxylation sites is 1. The number of benzene rings is 2. The van der Waals surface area contributed by atoms with Gasteiger partial charge in [-0.15, -0.1) is 11.3 Å². The van der Waals surface area contributed by atoms with Gasteiger partial charge in [0.1, 0.15) is 17.6 Å². The molecule has 0 aliphatic heterocycles. The highest BCUT2D eigenvalue weighted by molar-refractivity contribution is 14.1. The molecule has 0 bridgehead atoms. The number of nitrogens with one attached hydrogen (secondary N) is 5. The lowest BCUT2D eigenvalue weighted by atomic mass is 10.1. The number of hydrazone groups is 1. The van der Waals surface area contributed by atoms with Crippen LogP contribution in [0.1, 0.15) is 48.3 Å². The number of aryl methyl sites for hydroxylation is 1. The molecule has 18 heteroatoms. The highest BCUT2D eigenvalue weighted by atomic mass is 127. The Hall–Kier alpha value is -4.40. The first-order valence-corrected chi connectivity index (χ1v) is 18.1. The summed E-state index contributed by atoms with van der Waals surface area (Å²) in [6.45, 7) is 6.61. The van der Waals surface area contributed by atoms with E-state index in [0.29, 0.717) is 14.8 Å². The summed E-state index contributed by atoms with van der Waals surface area (Å²) in [6.07, 6.45) is -0.153. The summed E-state index contributed by atoms with van der Waals surface area (Å²) in [5.74, 6) is -1.13. The number of ketones is 1. The van der Waals surface area contributed by atoms with E-state index in [1.54, 1.807) is 52.0 Å². The molecule has 0 spiro atoms. The molecule has 4 aromatic rings. The number of amides is 2. The molecule has 0 aliphatic carbocycles. The van der Waals surface area contributed by atoms with Crippen LogP contribution in [0.15, 0.2) is 69.4 Å². The Morgan fingerprint density at radius 2 is 1.88 bits per heavy atom. The first-order chi connectivity index (χ1) is 23.1. The predicted octanol–water partition coefficient (Wildman–Crippen LogP) is 3.99. The molecule has 49 heavy (non-hydrogen) atoms. The molecule has 0 aliphatic rings. The van der Waals surface area contributed by atoms with E-state index in [1.165, 1.54) is 29.5 Å². The van der Waals surface area contributed by atoms with Gasteiger partial charge >= 0.3 is 6.09 Å². The molecular formula is C31H34IN7O8S2. The number of halogens is 1. The zero-order valence-corrected chi connectivity index (χ0v) is 30.6. The number of thiazole rings is 1.